The SMILES string of the molecule is Cc1cccn2nc(NCc3nccs3)nc12. The minimum absolute atomic E-state index is 0.634. The monoisotopic (exact) mass is 245 g/mol. The maximum absolute atomic E-state index is 4.43. The molecule has 0 radical (unpaired) electrons. The van der Waals surface area contributed by atoms with Crippen molar-refractivity contribution in [2.45, 2.75) is 13.5 Å². The van der Waals surface area contributed by atoms with Gasteiger partial charge in [-0.2, -0.15) is 4.98 Å². The normalized spacial score (nSPS) is 10.9. The summed E-state index contributed by atoms with van der Waals surface area (Å²) in [5, 5.41) is 10.5. The van der Waals surface area contributed by atoms with Crippen molar-refractivity contribution in [3.05, 3.63) is 40.5 Å². The maximum Gasteiger partial charge on any atom is 0.243 e. The fourth-order valence-corrected chi connectivity index (χ4v) is 2.17. The fraction of sp³-hybridized carbons (Fsp3) is 0.182. The van der Waals surface area contributed by atoms with Crippen LogP contribution in [-0.4, -0.2) is 19.6 Å². The Bertz CT molecular complexity index is 628. The van der Waals surface area contributed by atoms with Crippen LogP contribution in [0.1, 0.15) is 10.6 Å². The zero-order valence-electron chi connectivity index (χ0n) is 9.29. The van der Waals surface area contributed by atoms with Gasteiger partial charge in [-0.15, -0.1) is 16.4 Å². The molecule has 3 aromatic heterocycles. The lowest BCUT2D eigenvalue weighted by Crippen LogP contribution is -2.00. The minimum Gasteiger partial charge on any atom is -0.346 e. The highest BCUT2D eigenvalue weighted by atomic mass is 32.1. The Morgan fingerprint density at radius 3 is 3.18 bits per heavy atom. The summed E-state index contributed by atoms with van der Waals surface area (Å²) in [5.41, 5.74) is 2.00. The molecule has 3 heterocycles. The molecular formula is C11H11N5S. The van der Waals surface area contributed by atoms with Crippen LogP contribution in [0.5, 0.6) is 0 Å². The average molecular weight is 245 g/mol. The van der Waals surface area contributed by atoms with Gasteiger partial charge in [0, 0.05) is 17.8 Å². The van der Waals surface area contributed by atoms with E-state index >= 15 is 0 Å². The number of thiazole rings is 1. The molecule has 0 bridgehead atoms. The van der Waals surface area contributed by atoms with Gasteiger partial charge in [-0.1, -0.05) is 6.07 Å². The van der Waals surface area contributed by atoms with Crippen LogP contribution >= 0.6 is 11.3 Å². The van der Waals surface area contributed by atoms with E-state index in [1.165, 1.54) is 0 Å². The molecule has 0 atom stereocenters. The lowest BCUT2D eigenvalue weighted by Gasteiger charge is -1.95. The van der Waals surface area contributed by atoms with Crippen molar-refractivity contribution in [1.29, 1.82) is 0 Å². The van der Waals surface area contributed by atoms with Gasteiger partial charge < -0.3 is 5.32 Å². The Balaban J connectivity index is 1.84. The topological polar surface area (TPSA) is 55.1 Å². The summed E-state index contributed by atoms with van der Waals surface area (Å²) in [5.74, 6) is 0.634. The highest BCUT2D eigenvalue weighted by molar-refractivity contribution is 7.09. The lowest BCUT2D eigenvalue weighted by molar-refractivity contribution is 0.944. The van der Waals surface area contributed by atoms with Crippen LogP contribution in [0.25, 0.3) is 5.65 Å². The summed E-state index contributed by atoms with van der Waals surface area (Å²) in [4.78, 5) is 8.63. The summed E-state index contributed by atoms with van der Waals surface area (Å²) >= 11 is 1.62. The summed E-state index contributed by atoms with van der Waals surface area (Å²) in [6.07, 6.45) is 3.69. The van der Waals surface area contributed by atoms with Gasteiger partial charge in [0.25, 0.3) is 0 Å². The van der Waals surface area contributed by atoms with E-state index in [1.807, 2.05) is 30.6 Å². The van der Waals surface area contributed by atoms with E-state index in [0.717, 1.165) is 16.2 Å². The van der Waals surface area contributed by atoms with Crippen molar-refractivity contribution < 1.29 is 0 Å². The number of rotatable bonds is 3. The van der Waals surface area contributed by atoms with E-state index in [-0.39, 0.29) is 0 Å². The molecular weight excluding hydrogens is 234 g/mol. The van der Waals surface area contributed by atoms with E-state index in [1.54, 1.807) is 22.0 Å². The number of fused-ring (bicyclic) bond motifs is 1. The number of aromatic nitrogens is 4. The Kier molecular flexibility index (Phi) is 2.49. The smallest absolute Gasteiger partial charge is 0.243 e. The highest BCUT2D eigenvalue weighted by Crippen LogP contribution is 2.11. The van der Waals surface area contributed by atoms with Crippen LogP contribution in [0.4, 0.5) is 5.95 Å². The molecule has 0 fully saturated rings. The Hall–Kier alpha value is -1.95. The molecule has 0 saturated carbocycles. The summed E-state index contributed by atoms with van der Waals surface area (Å²) in [6.45, 7) is 2.68. The fourth-order valence-electron chi connectivity index (χ4n) is 1.61. The third-order valence-electron chi connectivity index (χ3n) is 2.44. The molecule has 0 aliphatic carbocycles. The largest absolute Gasteiger partial charge is 0.346 e. The molecule has 0 aliphatic heterocycles. The molecule has 1 N–H and O–H groups in total. The first-order valence-corrected chi connectivity index (χ1v) is 6.15. The number of nitrogens with zero attached hydrogens (tertiary/aromatic N) is 4. The second kappa shape index (κ2) is 4.14. The zero-order chi connectivity index (χ0) is 11.7. The van der Waals surface area contributed by atoms with Crippen LogP contribution in [-0.2, 0) is 6.54 Å². The molecule has 3 rings (SSSR count). The van der Waals surface area contributed by atoms with Crippen molar-refractivity contribution in [2.75, 3.05) is 5.32 Å². The van der Waals surface area contributed by atoms with Crippen molar-refractivity contribution in [3.63, 3.8) is 0 Å². The number of hydrogen-bond donors (Lipinski definition) is 1. The average Bonchev–Trinajstić information content (AvgIpc) is 2.95. The van der Waals surface area contributed by atoms with Gasteiger partial charge in [0.2, 0.25) is 5.95 Å². The van der Waals surface area contributed by atoms with Crippen molar-refractivity contribution in [1.82, 2.24) is 19.6 Å². The van der Waals surface area contributed by atoms with Gasteiger partial charge in [-0.05, 0) is 18.6 Å². The van der Waals surface area contributed by atoms with Crippen LogP contribution in [0.15, 0.2) is 29.9 Å². The molecule has 0 spiro atoms. The minimum atomic E-state index is 0.634. The van der Waals surface area contributed by atoms with Gasteiger partial charge in [-0.3, -0.25) is 0 Å². The molecule has 6 heteroatoms. The molecule has 0 amide bonds. The summed E-state index contributed by atoms with van der Waals surface area (Å²) in [6, 6.07) is 3.98. The highest BCUT2D eigenvalue weighted by Gasteiger charge is 2.05. The van der Waals surface area contributed by atoms with Crippen LogP contribution in [0.2, 0.25) is 0 Å². The van der Waals surface area contributed by atoms with Gasteiger partial charge >= 0.3 is 0 Å². The molecule has 0 unspecified atom stereocenters. The number of aryl methyl sites for hydroxylation is 1. The van der Waals surface area contributed by atoms with E-state index in [9.17, 15) is 0 Å². The lowest BCUT2D eigenvalue weighted by atomic mass is 10.3. The Morgan fingerprint density at radius 1 is 1.47 bits per heavy atom. The standard InChI is InChI=1S/C11H11N5S/c1-8-3-2-5-16-10(8)14-11(15-16)13-7-9-12-4-6-17-9/h2-6H,7H2,1H3,(H,13,15). The van der Waals surface area contributed by atoms with Gasteiger partial charge in [0.05, 0.1) is 6.54 Å². The van der Waals surface area contributed by atoms with Crippen LogP contribution < -0.4 is 5.32 Å². The second-order valence-electron chi connectivity index (χ2n) is 3.67. The van der Waals surface area contributed by atoms with E-state index in [2.05, 4.69) is 20.4 Å². The van der Waals surface area contributed by atoms with E-state index in [0.29, 0.717) is 12.5 Å². The summed E-state index contributed by atoms with van der Waals surface area (Å²) in [7, 11) is 0. The Labute approximate surface area is 102 Å². The Morgan fingerprint density at radius 2 is 2.41 bits per heavy atom. The van der Waals surface area contributed by atoms with Crippen molar-refractivity contribution in [2.24, 2.45) is 0 Å². The predicted octanol–water partition coefficient (Wildman–Crippen LogP) is 2.11. The van der Waals surface area contributed by atoms with Gasteiger partial charge in [0.1, 0.15) is 5.01 Å². The summed E-state index contributed by atoms with van der Waals surface area (Å²) < 4.78 is 1.78. The van der Waals surface area contributed by atoms with Crippen LogP contribution in [0, 0.1) is 6.92 Å². The number of hydrogen-bond acceptors (Lipinski definition) is 5. The first-order chi connectivity index (χ1) is 8.33. The van der Waals surface area contributed by atoms with Gasteiger partial charge in [0.15, 0.2) is 5.65 Å². The molecule has 0 aromatic carbocycles. The first-order valence-electron chi connectivity index (χ1n) is 5.27. The quantitative estimate of drug-likeness (QED) is 0.767. The molecule has 17 heavy (non-hydrogen) atoms. The molecule has 86 valence electrons. The van der Waals surface area contributed by atoms with Crippen molar-refractivity contribution >= 4 is 22.9 Å². The third-order valence-corrected chi connectivity index (χ3v) is 3.22. The number of pyridine rings is 1. The zero-order valence-corrected chi connectivity index (χ0v) is 10.1. The molecule has 0 saturated heterocycles. The molecule has 3 aromatic rings. The number of anilines is 1. The van der Waals surface area contributed by atoms with E-state index in [4.69, 9.17) is 0 Å². The molecule has 5 nitrogen and oxygen atoms in total. The molecule has 0 aliphatic rings. The van der Waals surface area contributed by atoms with Crippen LogP contribution in [0.3, 0.4) is 0 Å². The van der Waals surface area contributed by atoms with Crippen molar-refractivity contribution in [3.8, 4) is 0 Å². The van der Waals surface area contributed by atoms with Gasteiger partial charge in [-0.25, -0.2) is 9.50 Å². The third kappa shape index (κ3) is 1.99. The van der Waals surface area contributed by atoms with E-state index < -0.39 is 0 Å². The number of nitrogens with one attached hydrogen (secondary N) is 1. The second-order valence-corrected chi connectivity index (χ2v) is 4.65. The predicted molar refractivity (Wildman–Crippen MR) is 67.2 cm³/mol. The maximum atomic E-state index is 4.43. The first kappa shape index (κ1) is 10.2.